The van der Waals surface area contributed by atoms with Gasteiger partial charge in [0.1, 0.15) is 6.54 Å². The van der Waals surface area contributed by atoms with E-state index >= 15 is 0 Å². The molecule has 2 saturated heterocycles. The van der Waals surface area contributed by atoms with Gasteiger partial charge in [-0.1, -0.05) is 20.3 Å². The number of nitrogens with two attached hydrogens (primary N) is 1. The fourth-order valence-electron chi connectivity index (χ4n) is 4.38. The largest absolute Gasteiger partial charge is 0.416 e. The third-order valence-electron chi connectivity index (χ3n) is 5.90. The number of fused-ring (bicyclic) bond motifs is 2. The van der Waals surface area contributed by atoms with Gasteiger partial charge >= 0.3 is 6.18 Å². The number of benzene rings is 1. The number of alkyl halides is 3. The number of amides is 1. The van der Waals surface area contributed by atoms with E-state index in [4.69, 9.17) is 5.73 Å². The normalized spacial score (nSPS) is 19.2. The number of hydrogen-bond donors (Lipinski definition) is 1. The number of aromatic nitrogens is 2. The van der Waals surface area contributed by atoms with Crippen molar-refractivity contribution in [2.45, 2.75) is 70.6 Å². The van der Waals surface area contributed by atoms with Gasteiger partial charge in [0.15, 0.2) is 0 Å². The molecule has 1 aromatic heterocycles. The van der Waals surface area contributed by atoms with Crippen LogP contribution < -0.4 is 11.3 Å². The van der Waals surface area contributed by atoms with Gasteiger partial charge < -0.3 is 10.6 Å². The van der Waals surface area contributed by atoms with Crippen LogP contribution in [0.1, 0.15) is 63.1 Å². The van der Waals surface area contributed by atoms with E-state index in [1.807, 2.05) is 0 Å². The van der Waals surface area contributed by atoms with Gasteiger partial charge in [-0.15, -0.1) is 0 Å². The number of hydrogen-bond acceptors (Lipinski definition) is 4. The summed E-state index contributed by atoms with van der Waals surface area (Å²) < 4.78 is 39.4. The van der Waals surface area contributed by atoms with Crippen molar-refractivity contribution in [3.8, 4) is 0 Å². The monoisotopic (exact) mass is 438 g/mol. The summed E-state index contributed by atoms with van der Waals surface area (Å²) in [6, 6.07) is 3.85. The molecule has 2 aromatic rings. The van der Waals surface area contributed by atoms with Gasteiger partial charge in [0.25, 0.3) is 5.56 Å². The maximum atomic E-state index is 12.8. The maximum Gasteiger partial charge on any atom is 0.416 e. The van der Waals surface area contributed by atoms with Crippen LogP contribution in [0.2, 0.25) is 0 Å². The van der Waals surface area contributed by atoms with Gasteiger partial charge in [0.05, 0.1) is 16.6 Å². The van der Waals surface area contributed by atoms with Crippen molar-refractivity contribution in [3.05, 3.63) is 39.8 Å². The lowest BCUT2D eigenvalue weighted by Gasteiger charge is -2.28. The zero-order valence-corrected chi connectivity index (χ0v) is 17.9. The van der Waals surface area contributed by atoms with Gasteiger partial charge in [-0.25, -0.2) is 4.68 Å². The van der Waals surface area contributed by atoms with Crippen molar-refractivity contribution in [1.29, 1.82) is 0 Å². The van der Waals surface area contributed by atoms with Crippen LogP contribution in [-0.4, -0.2) is 39.7 Å². The molecule has 1 unspecified atom stereocenters. The second-order valence-corrected chi connectivity index (χ2v) is 8.55. The van der Waals surface area contributed by atoms with Crippen LogP contribution in [-0.2, 0) is 17.5 Å². The molecule has 31 heavy (non-hydrogen) atoms. The van der Waals surface area contributed by atoms with Gasteiger partial charge in [0, 0.05) is 11.4 Å². The number of carbonyl (C=O) groups is 1. The maximum absolute atomic E-state index is 12.8. The molecule has 6 nitrogen and oxygen atoms in total. The van der Waals surface area contributed by atoms with E-state index in [0.29, 0.717) is 5.69 Å². The van der Waals surface area contributed by atoms with Crippen LogP contribution in [0.4, 0.5) is 13.2 Å². The number of carbonyl (C=O) groups excluding carboxylic acids is 1. The average Bonchev–Trinajstić information content (AvgIpc) is 3.18. The number of nitrogens with zero attached hydrogens (tertiary/aromatic N) is 3. The summed E-state index contributed by atoms with van der Waals surface area (Å²) in [6.07, 6.45) is 2.87. The fourth-order valence-corrected chi connectivity index (χ4v) is 4.38. The molecule has 0 bridgehead atoms. The van der Waals surface area contributed by atoms with Crippen LogP contribution >= 0.6 is 0 Å². The Morgan fingerprint density at radius 1 is 1.16 bits per heavy atom. The van der Waals surface area contributed by atoms with E-state index in [1.54, 1.807) is 13.8 Å². The predicted octanol–water partition coefficient (Wildman–Crippen LogP) is 3.66. The lowest BCUT2D eigenvalue weighted by molar-refractivity contribution is -0.137. The first-order valence-electron chi connectivity index (χ1n) is 10.7. The first kappa shape index (κ1) is 23.2. The Morgan fingerprint density at radius 2 is 1.84 bits per heavy atom. The van der Waals surface area contributed by atoms with Crippen molar-refractivity contribution < 1.29 is 18.0 Å². The van der Waals surface area contributed by atoms with E-state index in [2.05, 4.69) is 10.00 Å². The summed E-state index contributed by atoms with van der Waals surface area (Å²) in [6.45, 7) is 5.84. The zero-order chi connectivity index (χ0) is 22.8. The Balaban J connectivity index is 0.000000248. The second kappa shape index (κ2) is 9.38. The summed E-state index contributed by atoms with van der Waals surface area (Å²) in [5.74, 6) is -0.985. The molecule has 2 aliphatic rings. The van der Waals surface area contributed by atoms with Crippen molar-refractivity contribution >= 4 is 16.7 Å². The van der Waals surface area contributed by atoms with Gasteiger partial charge in [-0.05, 0) is 62.9 Å². The third-order valence-corrected chi connectivity index (χ3v) is 5.90. The molecule has 2 N–H and O–H groups in total. The molecule has 0 spiro atoms. The number of primary amides is 1. The van der Waals surface area contributed by atoms with Crippen molar-refractivity contribution in [2.75, 3.05) is 13.1 Å². The Morgan fingerprint density at radius 3 is 2.45 bits per heavy atom. The third kappa shape index (κ3) is 5.44. The van der Waals surface area contributed by atoms with E-state index in [9.17, 15) is 22.8 Å². The SMILES string of the molecule is C1CCN2CCCC2C1.CC(C)c1nn(CC(N)=O)c(=O)c2ccc(C(F)(F)F)cc12. The quantitative estimate of drug-likeness (QED) is 0.793. The van der Waals surface area contributed by atoms with Crippen LogP contribution in [0.15, 0.2) is 23.0 Å². The molecule has 2 aliphatic heterocycles. The molecule has 9 heteroatoms. The first-order chi connectivity index (χ1) is 14.6. The Bertz CT molecular complexity index is 989. The number of halogens is 3. The zero-order valence-electron chi connectivity index (χ0n) is 17.9. The highest BCUT2D eigenvalue weighted by Gasteiger charge is 2.31. The molecule has 1 aromatic carbocycles. The molecule has 1 amide bonds. The predicted molar refractivity (Wildman–Crippen MR) is 113 cm³/mol. The smallest absolute Gasteiger partial charge is 0.368 e. The number of piperidine rings is 1. The standard InChI is InChI=1S/C14H14F3N3O2.C8H15N/c1-7(2)12-10-5-8(14(15,16)17)3-4-9(10)13(22)20(19-12)6-11(18)21;1-2-6-9-7-3-5-8(9)4-1/h3-5,7H,6H2,1-2H3,(H2,18,21);8H,1-7H2. The minimum atomic E-state index is -4.51. The highest BCUT2D eigenvalue weighted by molar-refractivity contribution is 5.85. The molecule has 3 heterocycles. The van der Waals surface area contributed by atoms with Gasteiger partial charge in [-0.2, -0.15) is 18.3 Å². The Kier molecular flexibility index (Phi) is 7.03. The topological polar surface area (TPSA) is 81.2 Å². The molecule has 170 valence electrons. The summed E-state index contributed by atoms with van der Waals surface area (Å²) in [4.78, 5) is 25.9. The summed E-state index contributed by atoms with van der Waals surface area (Å²) in [7, 11) is 0. The molecular formula is C22H29F3N4O2. The molecule has 0 radical (unpaired) electrons. The summed E-state index contributed by atoms with van der Waals surface area (Å²) >= 11 is 0. The second-order valence-electron chi connectivity index (χ2n) is 8.55. The summed E-state index contributed by atoms with van der Waals surface area (Å²) in [5, 5.41) is 4.21. The van der Waals surface area contributed by atoms with Crippen LogP contribution in [0.25, 0.3) is 10.8 Å². The van der Waals surface area contributed by atoms with Crippen molar-refractivity contribution in [1.82, 2.24) is 14.7 Å². The molecule has 4 rings (SSSR count). The van der Waals surface area contributed by atoms with Gasteiger partial charge in [0.2, 0.25) is 5.91 Å². The van der Waals surface area contributed by atoms with E-state index in [0.717, 1.165) is 28.9 Å². The minimum absolute atomic E-state index is 0.0768. The van der Waals surface area contributed by atoms with Gasteiger partial charge in [-0.3, -0.25) is 9.59 Å². The van der Waals surface area contributed by atoms with Crippen LogP contribution in [0.3, 0.4) is 0 Å². The highest BCUT2D eigenvalue weighted by Crippen LogP contribution is 2.32. The van der Waals surface area contributed by atoms with E-state index < -0.39 is 29.8 Å². The van der Waals surface area contributed by atoms with Crippen molar-refractivity contribution in [3.63, 3.8) is 0 Å². The number of rotatable bonds is 3. The van der Waals surface area contributed by atoms with Crippen LogP contribution in [0.5, 0.6) is 0 Å². The fraction of sp³-hybridized carbons (Fsp3) is 0.591. The highest BCUT2D eigenvalue weighted by atomic mass is 19.4. The molecule has 2 fully saturated rings. The Labute approximate surface area is 179 Å². The van der Waals surface area contributed by atoms with Crippen molar-refractivity contribution in [2.24, 2.45) is 5.73 Å². The molecule has 1 atom stereocenters. The first-order valence-corrected chi connectivity index (χ1v) is 10.7. The minimum Gasteiger partial charge on any atom is -0.368 e. The average molecular weight is 438 g/mol. The lowest BCUT2D eigenvalue weighted by atomic mass is 10.0. The molecule has 0 saturated carbocycles. The lowest BCUT2D eigenvalue weighted by Crippen LogP contribution is -2.33. The molecular weight excluding hydrogens is 409 g/mol. The Hall–Kier alpha value is -2.42. The molecule has 0 aliphatic carbocycles. The van der Waals surface area contributed by atoms with E-state index in [1.165, 1.54) is 45.2 Å². The van der Waals surface area contributed by atoms with E-state index in [-0.39, 0.29) is 16.7 Å². The summed E-state index contributed by atoms with van der Waals surface area (Å²) in [5.41, 5.74) is 3.87. The van der Waals surface area contributed by atoms with Crippen LogP contribution in [0, 0.1) is 0 Å².